The summed E-state index contributed by atoms with van der Waals surface area (Å²) in [6, 6.07) is 3.50. The van der Waals surface area contributed by atoms with Crippen molar-refractivity contribution in [2.75, 3.05) is 5.32 Å². The third-order valence-corrected chi connectivity index (χ3v) is 3.89. The van der Waals surface area contributed by atoms with Crippen molar-refractivity contribution >= 4 is 11.5 Å². The van der Waals surface area contributed by atoms with Crippen LogP contribution in [0.5, 0.6) is 0 Å². The van der Waals surface area contributed by atoms with Crippen molar-refractivity contribution in [2.45, 2.75) is 52.0 Å². The number of nitro groups is 1. The molecule has 1 aliphatic carbocycles. The largest absolute Gasteiger partial charge is 0.361 e. The maximum Gasteiger partial charge on any atom is 0.311 e. The molecule has 2 rings (SSSR count). The lowest BCUT2D eigenvalue weighted by atomic mass is 9.97. The van der Waals surface area contributed by atoms with Crippen LogP contribution in [-0.2, 0) is 0 Å². The van der Waals surface area contributed by atoms with Crippen molar-refractivity contribution in [1.29, 1.82) is 0 Å². The van der Waals surface area contributed by atoms with Crippen LogP contribution in [0.15, 0.2) is 12.1 Å². The molecule has 5 heteroatoms. The van der Waals surface area contributed by atoms with E-state index in [-0.39, 0.29) is 16.7 Å². The molecule has 0 bridgehead atoms. The van der Waals surface area contributed by atoms with Gasteiger partial charge in [-0.2, -0.15) is 0 Å². The van der Waals surface area contributed by atoms with Gasteiger partial charge in [0.15, 0.2) is 0 Å². The number of rotatable bonds is 3. The summed E-state index contributed by atoms with van der Waals surface area (Å²) >= 11 is 0. The molecule has 0 spiro atoms. The van der Waals surface area contributed by atoms with Gasteiger partial charge in [-0.05, 0) is 31.7 Å². The lowest BCUT2D eigenvalue weighted by molar-refractivity contribution is -0.384. The first-order valence-electron chi connectivity index (χ1n) is 6.96. The lowest BCUT2D eigenvalue weighted by Crippen LogP contribution is -2.27. The predicted molar refractivity (Wildman–Crippen MR) is 75.3 cm³/mol. The van der Waals surface area contributed by atoms with Crippen LogP contribution in [-0.4, -0.2) is 15.9 Å². The molecule has 1 aliphatic rings. The molecule has 0 aliphatic heterocycles. The molecule has 0 aromatic carbocycles. The summed E-state index contributed by atoms with van der Waals surface area (Å²) in [4.78, 5) is 15.0. The van der Waals surface area contributed by atoms with Crippen LogP contribution in [0.1, 0.15) is 44.7 Å². The minimum atomic E-state index is -0.365. The van der Waals surface area contributed by atoms with Crippen LogP contribution in [0.4, 0.5) is 11.5 Å². The summed E-state index contributed by atoms with van der Waals surface area (Å²) in [5, 5.41) is 14.4. The molecule has 2 atom stereocenters. The molecule has 2 unspecified atom stereocenters. The van der Waals surface area contributed by atoms with Crippen LogP contribution in [0.2, 0.25) is 0 Å². The molecule has 0 saturated heterocycles. The summed E-state index contributed by atoms with van der Waals surface area (Å²) in [7, 11) is 0. The smallest absolute Gasteiger partial charge is 0.311 e. The van der Waals surface area contributed by atoms with Gasteiger partial charge in [-0.15, -0.1) is 0 Å². The van der Waals surface area contributed by atoms with Crippen molar-refractivity contribution in [2.24, 2.45) is 5.92 Å². The molecule has 1 aromatic rings. The molecule has 19 heavy (non-hydrogen) atoms. The van der Waals surface area contributed by atoms with E-state index < -0.39 is 0 Å². The first kappa shape index (κ1) is 13.8. The maximum absolute atomic E-state index is 11.0. The van der Waals surface area contributed by atoms with Gasteiger partial charge in [-0.3, -0.25) is 10.1 Å². The number of aryl methyl sites for hydroxylation is 1. The Kier molecular flexibility index (Phi) is 4.35. The van der Waals surface area contributed by atoms with Gasteiger partial charge < -0.3 is 5.32 Å². The van der Waals surface area contributed by atoms with Gasteiger partial charge in [0.2, 0.25) is 5.82 Å². The number of anilines is 1. The van der Waals surface area contributed by atoms with E-state index in [1.54, 1.807) is 6.07 Å². The van der Waals surface area contributed by atoms with Gasteiger partial charge in [0, 0.05) is 17.8 Å². The fourth-order valence-electron chi connectivity index (χ4n) is 2.69. The zero-order valence-electron chi connectivity index (χ0n) is 11.6. The van der Waals surface area contributed by atoms with E-state index in [0.717, 1.165) is 12.1 Å². The average molecular weight is 263 g/mol. The van der Waals surface area contributed by atoms with E-state index in [0.29, 0.717) is 11.7 Å². The van der Waals surface area contributed by atoms with Gasteiger partial charge >= 0.3 is 5.69 Å². The van der Waals surface area contributed by atoms with E-state index in [1.807, 2.05) is 6.92 Å². The van der Waals surface area contributed by atoms with Crippen LogP contribution in [0.3, 0.4) is 0 Å². The summed E-state index contributed by atoms with van der Waals surface area (Å²) in [6.07, 6.45) is 5.93. The standard InChI is InChI=1S/C14H21N3O2/c1-10-6-4-3-5-7-12(10)16-14-13(17(18)19)9-8-11(2)15-14/h8-10,12H,3-7H2,1-2H3,(H,15,16). The van der Waals surface area contributed by atoms with Crippen LogP contribution in [0, 0.1) is 23.0 Å². The highest BCUT2D eigenvalue weighted by atomic mass is 16.6. The molecule has 1 fully saturated rings. The Hall–Kier alpha value is -1.65. The fraction of sp³-hybridized carbons (Fsp3) is 0.643. The van der Waals surface area contributed by atoms with Crippen LogP contribution < -0.4 is 5.32 Å². The monoisotopic (exact) mass is 263 g/mol. The molecule has 0 amide bonds. The van der Waals surface area contributed by atoms with E-state index in [4.69, 9.17) is 0 Å². The molecule has 1 aromatic heterocycles. The molecule has 1 saturated carbocycles. The second-order valence-corrected chi connectivity index (χ2v) is 5.44. The molecular formula is C14H21N3O2. The molecule has 1 N–H and O–H groups in total. The van der Waals surface area contributed by atoms with E-state index >= 15 is 0 Å². The minimum Gasteiger partial charge on any atom is -0.361 e. The van der Waals surface area contributed by atoms with Gasteiger partial charge in [-0.25, -0.2) is 4.98 Å². The number of hydrogen-bond donors (Lipinski definition) is 1. The number of aromatic nitrogens is 1. The highest BCUT2D eigenvalue weighted by Gasteiger charge is 2.23. The van der Waals surface area contributed by atoms with Gasteiger partial charge in [0.25, 0.3) is 0 Å². The first-order valence-corrected chi connectivity index (χ1v) is 6.96. The number of nitrogens with zero attached hydrogens (tertiary/aromatic N) is 2. The first-order chi connectivity index (χ1) is 9.08. The fourth-order valence-corrected chi connectivity index (χ4v) is 2.69. The van der Waals surface area contributed by atoms with E-state index in [2.05, 4.69) is 17.2 Å². The highest BCUT2D eigenvalue weighted by Crippen LogP contribution is 2.29. The second kappa shape index (κ2) is 5.99. The number of pyridine rings is 1. The number of hydrogen-bond acceptors (Lipinski definition) is 4. The Morgan fingerprint density at radius 3 is 2.79 bits per heavy atom. The van der Waals surface area contributed by atoms with Crippen molar-refractivity contribution in [3.8, 4) is 0 Å². The second-order valence-electron chi connectivity index (χ2n) is 5.44. The van der Waals surface area contributed by atoms with Crippen molar-refractivity contribution in [3.63, 3.8) is 0 Å². The quantitative estimate of drug-likeness (QED) is 0.513. The molecule has 0 radical (unpaired) electrons. The van der Waals surface area contributed by atoms with Crippen molar-refractivity contribution in [3.05, 3.63) is 27.9 Å². The maximum atomic E-state index is 11.0. The minimum absolute atomic E-state index is 0.0713. The Labute approximate surface area is 113 Å². The summed E-state index contributed by atoms with van der Waals surface area (Å²) < 4.78 is 0. The average Bonchev–Trinajstić information content (AvgIpc) is 2.55. The topological polar surface area (TPSA) is 68.1 Å². The zero-order chi connectivity index (χ0) is 13.8. The molecule has 5 nitrogen and oxygen atoms in total. The van der Waals surface area contributed by atoms with Crippen LogP contribution in [0.25, 0.3) is 0 Å². The van der Waals surface area contributed by atoms with E-state index in [9.17, 15) is 10.1 Å². The Morgan fingerprint density at radius 1 is 1.32 bits per heavy atom. The normalized spacial score (nSPS) is 23.7. The SMILES string of the molecule is Cc1ccc([N+](=O)[O-])c(NC2CCCCCC2C)n1. The molecular weight excluding hydrogens is 242 g/mol. The Morgan fingerprint density at radius 2 is 2.05 bits per heavy atom. The molecule has 104 valence electrons. The third-order valence-electron chi connectivity index (χ3n) is 3.89. The third kappa shape index (κ3) is 3.43. The Balaban J connectivity index is 2.21. The van der Waals surface area contributed by atoms with Crippen molar-refractivity contribution in [1.82, 2.24) is 4.98 Å². The van der Waals surface area contributed by atoms with Gasteiger partial charge in [0.1, 0.15) is 0 Å². The number of nitrogens with one attached hydrogen (secondary N) is 1. The Bertz CT molecular complexity index is 462. The van der Waals surface area contributed by atoms with Gasteiger partial charge in [-0.1, -0.05) is 26.2 Å². The summed E-state index contributed by atoms with van der Waals surface area (Å²) in [5.41, 5.74) is 0.872. The molecule has 1 heterocycles. The summed E-state index contributed by atoms with van der Waals surface area (Å²) in [5.74, 6) is 0.952. The van der Waals surface area contributed by atoms with Crippen LogP contribution >= 0.6 is 0 Å². The predicted octanol–water partition coefficient (Wildman–Crippen LogP) is 3.68. The summed E-state index contributed by atoms with van der Waals surface area (Å²) in [6.45, 7) is 4.07. The van der Waals surface area contributed by atoms with Crippen molar-refractivity contribution < 1.29 is 4.92 Å². The van der Waals surface area contributed by atoms with Gasteiger partial charge in [0.05, 0.1) is 4.92 Å². The van der Waals surface area contributed by atoms with E-state index in [1.165, 1.54) is 31.7 Å². The highest BCUT2D eigenvalue weighted by molar-refractivity contribution is 5.56. The zero-order valence-corrected chi connectivity index (χ0v) is 11.6. The lowest BCUT2D eigenvalue weighted by Gasteiger charge is -2.23.